The molecule has 1 heterocycles. The molecule has 2 nitrogen and oxygen atoms in total. The molecule has 3 rings (SSSR count). The van der Waals surface area contributed by atoms with E-state index in [9.17, 15) is 0 Å². The highest BCUT2D eigenvalue weighted by Gasteiger charge is 2.20. The van der Waals surface area contributed by atoms with Crippen molar-refractivity contribution in [3.63, 3.8) is 0 Å². The predicted molar refractivity (Wildman–Crippen MR) is 58.3 cm³/mol. The van der Waals surface area contributed by atoms with E-state index in [1.54, 1.807) is 0 Å². The lowest BCUT2D eigenvalue weighted by molar-refractivity contribution is -0.276. The van der Waals surface area contributed by atoms with Crippen molar-refractivity contribution in [3.8, 4) is 0 Å². The molecule has 1 aliphatic heterocycles. The fourth-order valence-electron chi connectivity index (χ4n) is 2.07. The van der Waals surface area contributed by atoms with Gasteiger partial charge in [0, 0.05) is 6.42 Å². The van der Waals surface area contributed by atoms with Crippen LogP contribution in [0, 0.1) is 0 Å². The van der Waals surface area contributed by atoms with Crippen molar-refractivity contribution in [2.75, 3.05) is 6.61 Å². The first-order valence-electron chi connectivity index (χ1n) is 5.21. The standard InChI is InChI=1S/C13H12O2/c1-2-6-11-10(4-1)5-3-7-12(11)13-8-9-14-15-13/h1-7,13H,8-9H2. The maximum atomic E-state index is 5.25. The van der Waals surface area contributed by atoms with Gasteiger partial charge in [-0.25, -0.2) is 9.78 Å². The van der Waals surface area contributed by atoms with Crippen molar-refractivity contribution >= 4 is 10.8 Å². The monoisotopic (exact) mass is 200 g/mol. The number of hydrogen-bond acceptors (Lipinski definition) is 2. The zero-order valence-corrected chi connectivity index (χ0v) is 8.35. The van der Waals surface area contributed by atoms with Crippen LogP contribution in [0.25, 0.3) is 10.8 Å². The predicted octanol–water partition coefficient (Wildman–Crippen LogP) is 3.23. The first-order valence-corrected chi connectivity index (χ1v) is 5.21. The minimum absolute atomic E-state index is 0.0936. The van der Waals surface area contributed by atoms with Gasteiger partial charge in [0.05, 0.1) is 6.61 Å². The molecular formula is C13H12O2. The van der Waals surface area contributed by atoms with Crippen LogP contribution in [0.5, 0.6) is 0 Å². The average molecular weight is 200 g/mol. The van der Waals surface area contributed by atoms with Crippen molar-refractivity contribution in [3.05, 3.63) is 48.0 Å². The molecule has 1 aliphatic rings. The van der Waals surface area contributed by atoms with Gasteiger partial charge in [-0.3, -0.25) is 0 Å². The Bertz CT molecular complexity index is 467. The van der Waals surface area contributed by atoms with E-state index in [1.165, 1.54) is 16.3 Å². The highest BCUT2D eigenvalue weighted by molar-refractivity contribution is 5.85. The largest absolute Gasteiger partial charge is 0.236 e. The lowest BCUT2D eigenvalue weighted by Gasteiger charge is -2.10. The summed E-state index contributed by atoms with van der Waals surface area (Å²) in [5.41, 5.74) is 1.23. The van der Waals surface area contributed by atoms with Crippen molar-refractivity contribution in [2.45, 2.75) is 12.5 Å². The van der Waals surface area contributed by atoms with Crippen LogP contribution in [-0.2, 0) is 9.78 Å². The van der Waals surface area contributed by atoms with Crippen molar-refractivity contribution in [1.29, 1.82) is 0 Å². The van der Waals surface area contributed by atoms with E-state index < -0.39 is 0 Å². The number of fused-ring (bicyclic) bond motifs is 1. The lowest BCUT2D eigenvalue weighted by Crippen LogP contribution is -1.95. The van der Waals surface area contributed by atoms with E-state index in [1.807, 2.05) is 0 Å². The van der Waals surface area contributed by atoms with E-state index in [2.05, 4.69) is 42.5 Å². The fourth-order valence-corrected chi connectivity index (χ4v) is 2.07. The van der Waals surface area contributed by atoms with Crippen LogP contribution in [0.4, 0.5) is 0 Å². The Morgan fingerprint density at radius 1 is 1.00 bits per heavy atom. The Morgan fingerprint density at radius 2 is 1.87 bits per heavy atom. The SMILES string of the molecule is c1ccc2c(C3CCOO3)cccc2c1. The Labute approximate surface area is 88.4 Å². The number of hydrogen-bond donors (Lipinski definition) is 0. The second kappa shape index (κ2) is 3.65. The molecule has 1 unspecified atom stereocenters. The Morgan fingerprint density at radius 3 is 2.73 bits per heavy atom. The van der Waals surface area contributed by atoms with Crippen molar-refractivity contribution in [2.24, 2.45) is 0 Å². The van der Waals surface area contributed by atoms with Gasteiger partial charge in [-0.2, -0.15) is 0 Å². The maximum Gasteiger partial charge on any atom is 0.121 e. The third-order valence-electron chi connectivity index (χ3n) is 2.82. The van der Waals surface area contributed by atoms with Crippen LogP contribution < -0.4 is 0 Å². The van der Waals surface area contributed by atoms with Gasteiger partial charge in [0.1, 0.15) is 6.10 Å². The molecule has 0 spiro atoms. The topological polar surface area (TPSA) is 18.5 Å². The average Bonchev–Trinajstić information content (AvgIpc) is 2.82. The summed E-state index contributed by atoms with van der Waals surface area (Å²) in [5.74, 6) is 0. The molecule has 0 amide bonds. The molecule has 2 aromatic rings. The summed E-state index contributed by atoms with van der Waals surface area (Å²) in [5, 5.41) is 2.51. The van der Waals surface area contributed by atoms with Crippen LogP contribution in [0.3, 0.4) is 0 Å². The van der Waals surface area contributed by atoms with E-state index >= 15 is 0 Å². The smallest absolute Gasteiger partial charge is 0.121 e. The molecule has 2 aromatic carbocycles. The number of benzene rings is 2. The normalized spacial score (nSPS) is 20.9. The van der Waals surface area contributed by atoms with Gasteiger partial charge < -0.3 is 0 Å². The Balaban J connectivity index is 2.16. The van der Waals surface area contributed by atoms with Crippen molar-refractivity contribution in [1.82, 2.24) is 0 Å². The van der Waals surface area contributed by atoms with Crippen LogP contribution in [0.1, 0.15) is 18.1 Å². The summed E-state index contributed by atoms with van der Waals surface area (Å²) >= 11 is 0. The molecule has 0 aliphatic carbocycles. The molecular weight excluding hydrogens is 188 g/mol. The summed E-state index contributed by atoms with van der Waals surface area (Å²) < 4.78 is 0. The number of rotatable bonds is 1. The van der Waals surface area contributed by atoms with Crippen LogP contribution in [-0.4, -0.2) is 6.61 Å². The van der Waals surface area contributed by atoms with Crippen LogP contribution >= 0.6 is 0 Å². The van der Waals surface area contributed by atoms with E-state index in [0.717, 1.165) is 6.42 Å². The van der Waals surface area contributed by atoms with Gasteiger partial charge >= 0.3 is 0 Å². The maximum absolute atomic E-state index is 5.25. The summed E-state index contributed by atoms with van der Waals surface area (Å²) in [4.78, 5) is 10.2. The second-order valence-corrected chi connectivity index (χ2v) is 3.76. The van der Waals surface area contributed by atoms with E-state index in [0.29, 0.717) is 6.61 Å². The Kier molecular flexibility index (Phi) is 2.16. The third-order valence-corrected chi connectivity index (χ3v) is 2.82. The Hall–Kier alpha value is -1.38. The van der Waals surface area contributed by atoms with Crippen LogP contribution in [0.2, 0.25) is 0 Å². The molecule has 1 atom stereocenters. The molecule has 2 heteroatoms. The third kappa shape index (κ3) is 1.52. The van der Waals surface area contributed by atoms with Gasteiger partial charge in [-0.15, -0.1) is 0 Å². The first-order chi connectivity index (χ1) is 7.45. The minimum Gasteiger partial charge on any atom is -0.236 e. The quantitative estimate of drug-likeness (QED) is 0.658. The van der Waals surface area contributed by atoms with Gasteiger partial charge in [0.15, 0.2) is 0 Å². The van der Waals surface area contributed by atoms with Crippen LogP contribution in [0.15, 0.2) is 42.5 Å². The zero-order chi connectivity index (χ0) is 10.1. The molecule has 15 heavy (non-hydrogen) atoms. The zero-order valence-electron chi connectivity index (χ0n) is 8.35. The highest BCUT2D eigenvalue weighted by Crippen LogP contribution is 2.31. The van der Waals surface area contributed by atoms with E-state index in [-0.39, 0.29) is 6.10 Å². The first kappa shape index (κ1) is 8.89. The van der Waals surface area contributed by atoms with Gasteiger partial charge in [-0.05, 0) is 16.3 Å². The van der Waals surface area contributed by atoms with Gasteiger partial charge in [0.2, 0.25) is 0 Å². The molecule has 0 aromatic heterocycles. The summed E-state index contributed by atoms with van der Waals surface area (Å²) in [7, 11) is 0. The highest BCUT2D eigenvalue weighted by atomic mass is 17.2. The summed E-state index contributed by atoms with van der Waals surface area (Å²) in [6, 6.07) is 14.7. The van der Waals surface area contributed by atoms with Gasteiger partial charge in [-0.1, -0.05) is 42.5 Å². The molecule has 1 saturated heterocycles. The molecule has 0 bridgehead atoms. The van der Waals surface area contributed by atoms with Crippen molar-refractivity contribution < 1.29 is 9.78 Å². The second-order valence-electron chi connectivity index (χ2n) is 3.76. The molecule has 76 valence electrons. The summed E-state index contributed by atoms with van der Waals surface area (Å²) in [6.45, 7) is 0.688. The lowest BCUT2D eigenvalue weighted by atomic mass is 9.99. The van der Waals surface area contributed by atoms with E-state index in [4.69, 9.17) is 9.78 Å². The molecule has 1 fully saturated rings. The fraction of sp³-hybridized carbons (Fsp3) is 0.231. The summed E-state index contributed by atoms with van der Waals surface area (Å²) in [6.07, 6.45) is 1.03. The minimum atomic E-state index is 0.0936. The van der Waals surface area contributed by atoms with Gasteiger partial charge in [0.25, 0.3) is 0 Å². The molecule has 0 saturated carbocycles. The molecule has 0 radical (unpaired) electrons. The molecule has 0 N–H and O–H groups in total.